The molecule has 2 amide bonds. The normalized spacial score (nSPS) is 15.2. The average Bonchev–Trinajstić information content (AvgIpc) is 3.48. The highest BCUT2D eigenvalue weighted by molar-refractivity contribution is 8.03. The Kier molecular flexibility index (Phi) is 9.39. The van der Waals surface area contributed by atoms with Crippen LogP contribution in [0.15, 0.2) is 81.1 Å². The third-order valence-corrected chi connectivity index (χ3v) is 7.96. The van der Waals surface area contributed by atoms with Crippen molar-refractivity contribution in [3.63, 3.8) is 0 Å². The van der Waals surface area contributed by atoms with E-state index >= 15 is 0 Å². The van der Waals surface area contributed by atoms with Gasteiger partial charge in [-0.1, -0.05) is 48.5 Å². The van der Waals surface area contributed by atoms with E-state index in [1.165, 1.54) is 6.26 Å². The number of halogens is 4. The molecule has 3 aromatic rings. The molecular weight excluding hydrogens is 589 g/mol. The number of dihydropyridines is 1. The van der Waals surface area contributed by atoms with Crippen LogP contribution in [0.4, 0.5) is 24.5 Å². The fourth-order valence-corrected chi connectivity index (χ4v) is 5.63. The molecule has 1 aliphatic rings. The zero-order valence-corrected chi connectivity index (χ0v) is 24.4. The first kappa shape index (κ1) is 30.8. The fourth-order valence-electron chi connectivity index (χ4n) is 4.57. The molecule has 7 nitrogen and oxygen atoms in total. The van der Waals surface area contributed by atoms with E-state index in [0.29, 0.717) is 28.6 Å². The summed E-state index contributed by atoms with van der Waals surface area (Å²) in [6.45, 7) is 5.56. The van der Waals surface area contributed by atoms with Gasteiger partial charge in [0.2, 0.25) is 5.91 Å². The summed E-state index contributed by atoms with van der Waals surface area (Å²) in [6.07, 6.45) is -2.47. The number of furan rings is 1. The van der Waals surface area contributed by atoms with E-state index in [4.69, 9.17) is 16.0 Å². The number of nitrogens with one attached hydrogen (secondary N) is 3. The van der Waals surface area contributed by atoms with Gasteiger partial charge in [0.25, 0.3) is 5.91 Å². The Balaban J connectivity index is 1.60. The van der Waals surface area contributed by atoms with Gasteiger partial charge in [0.15, 0.2) is 0 Å². The number of alkyl halides is 3. The molecule has 0 aliphatic carbocycles. The van der Waals surface area contributed by atoms with Gasteiger partial charge in [0.1, 0.15) is 5.76 Å². The number of allylic oxidation sites excluding steroid dienone is 2. The van der Waals surface area contributed by atoms with Crippen LogP contribution in [0.1, 0.15) is 42.2 Å². The second kappa shape index (κ2) is 12.8. The maximum atomic E-state index is 13.7. The summed E-state index contributed by atoms with van der Waals surface area (Å²) >= 11 is 6.97. The number of nitrogens with zero attached hydrogens (tertiary/aromatic N) is 1. The van der Waals surface area contributed by atoms with Crippen molar-refractivity contribution in [2.75, 3.05) is 16.4 Å². The molecule has 1 aromatic heterocycles. The second-order valence-corrected chi connectivity index (χ2v) is 10.8. The van der Waals surface area contributed by atoms with E-state index in [2.05, 4.69) is 22.0 Å². The van der Waals surface area contributed by atoms with E-state index in [0.717, 1.165) is 41.1 Å². The molecule has 1 aliphatic heterocycles. The Morgan fingerprint density at radius 1 is 1.14 bits per heavy atom. The summed E-state index contributed by atoms with van der Waals surface area (Å²) < 4.78 is 45.0. The molecule has 0 unspecified atom stereocenters. The number of carbonyl (C=O) groups is 2. The number of hydrogen-bond donors (Lipinski definition) is 3. The number of rotatable bonds is 8. The fraction of sp³-hybridized carbons (Fsp3) is 0.233. The minimum Gasteiger partial charge on any atom is -0.468 e. The smallest absolute Gasteiger partial charge is 0.416 e. The van der Waals surface area contributed by atoms with Crippen LogP contribution in [0.2, 0.25) is 5.02 Å². The van der Waals surface area contributed by atoms with Gasteiger partial charge in [-0.25, -0.2) is 0 Å². The number of anilines is 2. The maximum Gasteiger partial charge on any atom is 0.416 e. The minimum absolute atomic E-state index is 0.0544. The third-order valence-electron chi connectivity index (χ3n) is 6.61. The van der Waals surface area contributed by atoms with Crippen LogP contribution in [-0.4, -0.2) is 17.6 Å². The molecule has 0 saturated carbocycles. The van der Waals surface area contributed by atoms with Crippen LogP contribution in [0, 0.1) is 18.3 Å². The van der Waals surface area contributed by atoms with E-state index in [1.54, 1.807) is 19.1 Å². The number of carbonyl (C=O) groups excluding carboxylic acids is 2. The predicted octanol–water partition coefficient (Wildman–Crippen LogP) is 7.53. The Morgan fingerprint density at radius 3 is 2.55 bits per heavy atom. The number of thioether (sulfide) groups is 1. The summed E-state index contributed by atoms with van der Waals surface area (Å²) in [6, 6.07) is 13.8. The molecule has 0 saturated heterocycles. The van der Waals surface area contributed by atoms with Crippen LogP contribution >= 0.6 is 23.4 Å². The number of aryl methyl sites for hydroxylation is 2. The van der Waals surface area contributed by atoms with Gasteiger partial charge in [-0.15, -0.1) is 0 Å². The highest BCUT2D eigenvalue weighted by Crippen LogP contribution is 2.41. The van der Waals surface area contributed by atoms with Crippen molar-refractivity contribution < 1.29 is 27.2 Å². The van der Waals surface area contributed by atoms with Gasteiger partial charge in [-0.05, 0) is 61.7 Å². The van der Waals surface area contributed by atoms with E-state index < -0.39 is 29.5 Å². The highest BCUT2D eigenvalue weighted by atomic mass is 35.5. The zero-order valence-electron chi connectivity index (χ0n) is 22.8. The quantitative estimate of drug-likeness (QED) is 0.242. The molecule has 3 N–H and O–H groups in total. The van der Waals surface area contributed by atoms with Gasteiger partial charge in [0, 0.05) is 11.4 Å². The van der Waals surface area contributed by atoms with Crippen molar-refractivity contribution in [2.24, 2.45) is 0 Å². The summed E-state index contributed by atoms with van der Waals surface area (Å²) in [4.78, 5) is 26.4. The van der Waals surface area contributed by atoms with E-state index in [9.17, 15) is 28.0 Å². The lowest BCUT2D eigenvalue weighted by molar-refractivity contribution is -0.137. The maximum absolute atomic E-state index is 13.7. The van der Waals surface area contributed by atoms with Crippen molar-refractivity contribution in [2.45, 2.75) is 39.3 Å². The predicted molar refractivity (Wildman–Crippen MR) is 157 cm³/mol. The van der Waals surface area contributed by atoms with E-state index in [-0.39, 0.29) is 27.6 Å². The van der Waals surface area contributed by atoms with Crippen molar-refractivity contribution in [1.29, 1.82) is 5.26 Å². The zero-order chi connectivity index (χ0) is 30.6. The molecule has 218 valence electrons. The van der Waals surface area contributed by atoms with Crippen molar-refractivity contribution in [3.8, 4) is 6.07 Å². The Labute approximate surface area is 249 Å². The first-order valence-corrected chi connectivity index (χ1v) is 14.2. The van der Waals surface area contributed by atoms with Crippen molar-refractivity contribution >= 4 is 46.6 Å². The molecule has 12 heteroatoms. The minimum atomic E-state index is -4.61. The van der Waals surface area contributed by atoms with Crippen LogP contribution in [0.25, 0.3) is 0 Å². The largest absolute Gasteiger partial charge is 0.468 e. The van der Waals surface area contributed by atoms with Crippen LogP contribution in [0.3, 0.4) is 0 Å². The molecule has 0 bridgehead atoms. The monoisotopic (exact) mass is 614 g/mol. The average molecular weight is 615 g/mol. The Morgan fingerprint density at radius 2 is 1.90 bits per heavy atom. The molecule has 0 radical (unpaired) electrons. The molecule has 2 heterocycles. The lowest BCUT2D eigenvalue weighted by Gasteiger charge is -2.28. The molecule has 1 atom stereocenters. The third kappa shape index (κ3) is 6.66. The highest BCUT2D eigenvalue weighted by Gasteiger charge is 2.37. The lowest BCUT2D eigenvalue weighted by Crippen LogP contribution is -2.31. The van der Waals surface area contributed by atoms with Crippen LogP contribution < -0.4 is 16.0 Å². The molecule has 0 fully saturated rings. The molecular formula is C30H26ClF3N4O3S. The van der Waals surface area contributed by atoms with Gasteiger partial charge in [-0.2, -0.15) is 18.4 Å². The lowest BCUT2D eigenvalue weighted by atomic mass is 9.85. The summed E-state index contributed by atoms with van der Waals surface area (Å²) in [5.74, 6) is -1.83. The number of hydrogen-bond acceptors (Lipinski definition) is 6. The first-order valence-electron chi connectivity index (χ1n) is 12.8. The Hall–Kier alpha value is -4.14. The van der Waals surface area contributed by atoms with Crippen LogP contribution in [-0.2, 0) is 22.2 Å². The van der Waals surface area contributed by atoms with Gasteiger partial charge in [0.05, 0.1) is 56.5 Å². The topological polar surface area (TPSA) is 107 Å². The number of para-hydroxylation sites is 1. The van der Waals surface area contributed by atoms with Gasteiger partial charge in [-0.3, -0.25) is 9.59 Å². The van der Waals surface area contributed by atoms with E-state index in [1.807, 2.05) is 32.0 Å². The summed E-state index contributed by atoms with van der Waals surface area (Å²) in [7, 11) is 0. The molecule has 42 heavy (non-hydrogen) atoms. The standard InChI is InChI=1S/C30H26ClF3N4O3S/c1-4-18-8-5-7-16(2)27(18)38-28(40)25-17(3)36-29(20(14-35)26(25)23-9-6-12-41-23)42-15-24(39)37-22-13-19(30(32,33)34)10-11-21(22)31/h5-13,26,36H,4,15H2,1-3H3,(H,37,39)(H,38,40)/t26-/m0/s1. The molecule has 4 rings (SSSR count). The number of benzene rings is 2. The Bertz CT molecular complexity index is 1630. The van der Waals surface area contributed by atoms with Crippen LogP contribution in [0.5, 0.6) is 0 Å². The van der Waals surface area contributed by atoms with Gasteiger partial charge < -0.3 is 20.4 Å². The number of nitriles is 1. The summed E-state index contributed by atoms with van der Waals surface area (Å²) in [5.41, 5.74) is 2.27. The van der Waals surface area contributed by atoms with Crippen molar-refractivity contribution in [1.82, 2.24) is 5.32 Å². The molecule has 0 spiro atoms. The second-order valence-electron chi connectivity index (χ2n) is 9.41. The first-order chi connectivity index (χ1) is 19.9. The SMILES string of the molecule is CCc1cccc(C)c1NC(=O)C1=C(C)NC(SCC(=O)Nc2cc(C(F)(F)F)ccc2Cl)=C(C#N)[C@H]1c1ccco1. The number of amides is 2. The summed E-state index contributed by atoms with van der Waals surface area (Å²) in [5, 5.41) is 18.9. The van der Waals surface area contributed by atoms with Crippen molar-refractivity contribution in [3.05, 3.63) is 104 Å². The van der Waals surface area contributed by atoms with Gasteiger partial charge >= 0.3 is 6.18 Å². The molecule has 2 aromatic carbocycles.